The van der Waals surface area contributed by atoms with Crippen LogP contribution in [0.25, 0.3) is 11.1 Å². The first-order valence-electron chi connectivity index (χ1n) is 19.4. The summed E-state index contributed by atoms with van der Waals surface area (Å²) in [7, 11) is 2.12. The van der Waals surface area contributed by atoms with Crippen LogP contribution in [0.3, 0.4) is 0 Å². The number of alkyl carbamates (subject to hydrolysis) is 1. The smallest absolute Gasteiger partial charge is 0.408 e. The van der Waals surface area contributed by atoms with Crippen molar-refractivity contribution in [3.05, 3.63) is 167 Å². The molecule has 5 aromatic rings. The monoisotopic (exact) mass is 767 g/mol. The van der Waals surface area contributed by atoms with Crippen molar-refractivity contribution in [1.29, 1.82) is 0 Å². The fraction of sp³-hybridized carbons (Fsp3) is 0.298. The van der Waals surface area contributed by atoms with Crippen molar-refractivity contribution in [3.63, 3.8) is 0 Å². The third-order valence-electron chi connectivity index (χ3n) is 11.1. The molecule has 294 valence electrons. The molecule has 0 aromatic heterocycles. The van der Waals surface area contributed by atoms with Gasteiger partial charge in [-0.05, 0) is 52.9 Å². The lowest BCUT2D eigenvalue weighted by Crippen LogP contribution is -2.44. The molecule has 5 aromatic carbocycles. The molecule has 0 bridgehead atoms. The molecule has 7 rings (SSSR count). The van der Waals surface area contributed by atoms with E-state index in [1.807, 2.05) is 109 Å². The number of amides is 3. The number of aliphatic hydroxyl groups excluding tert-OH is 1. The zero-order valence-electron chi connectivity index (χ0n) is 32.5. The van der Waals surface area contributed by atoms with Crippen LogP contribution >= 0.6 is 0 Å². The van der Waals surface area contributed by atoms with Gasteiger partial charge in [0.2, 0.25) is 5.91 Å². The Kier molecular flexibility index (Phi) is 12.6. The minimum absolute atomic E-state index is 0.0260. The first-order valence-corrected chi connectivity index (χ1v) is 19.4. The first-order chi connectivity index (χ1) is 27.7. The van der Waals surface area contributed by atoms with Crippen molar-refractivity contribution in [3.8, 4) is 11.1 Å². The Bertz CT molecular complexity index is 2130. The molecule has 3 amide bonds. The topological polar surface area (TPSA) is 118 Å². The summed E-state index contributed by atoms with van der Waals surface area (Å²) in [4.78, 5) is 42.5. The molecule has 2 fully saturated rings. The Hall–Kier alpha value is -5.65. The number of benzene rings is 5. The van der Waals surface area contributed by atoms with Crippen LogP contribution in [0, 0.1) is 5.92 Å². The largest absolute Gasteiger partial charge is 0.445 e. The van der Waals surface area contributed by atoms with Crippen molar-refractivity contribution < 1.29 is 33.7 Å². The lowest BCUT2D eigenvalue weighted by atomic mass is 9.89. The molecule has 2 heterocycles. The lowest BCUT2D eigenvalue weighted by molar-refractivity contribution is -0.276. The van der Waals surface area contributed by atoms with E-state index < -0.39 is 24.3 Å². The fourth-order valence-electron chi connectivity index (χ4n) is 7.56. The minimum atomic E-state index is -0.993. The number of nitrogens with one attached hydrogen (secondary N) is 1. The summed E-state index contributed by atoms with van der Waals surface area (Å²) in [5.41, 5.74) is 7.35. The molecule has 0 radical (unpaired) electrons. The number of rotatable bonds is 13. The third kappa shape index (κ3) is 9.32. The number of ether oxygens (including phenoxy) is 3. The van der Waals surface area contributed by atoms with Gasteiger partial charge in [-0.15, -0.1) is 0 Å². The maximum atomic E-state index is 13.4. The molecular weight excluding hydrogens is 719 g/mol. The number of likely N-dealkylation sites (N-methyl/N-ethyl adjacent to an activating group) is 1. The van der Waals surface area contributed by atoms with E-state index in [4.69, 9.17) is 14.2 Å². The number of aliphatic hydroxyl groups is 1. The zero-order valence-corrected chi connectivity index (χ0v) is 32.5. The summed E-state index contributed by atoms with van der Waals surface area (Å²) < 4.78 is 18.8. The number of likely N-dealkylation sites (tertiary alicyclic amines) is 1. The third-order valence-corrected chi connectivity index (χ3v) is 11.1. The molecule has 10 nitrogen and oxygen atoms in total. The Morgan fingerprint density at radius 3 is 2.19 bits per heavy atom. The Morgan fingerprint density at radius 1 is 0.842 bits per heavy atom. The molecular formula is C47H49N3O7. The van der Waals surface area contributed by atoms with Gasteiger partial charge in [-0.25, -0.2) is 4.79 Å². The van der Waals surface area contributed by atoms with Crippen LogP contribution in [0.4, 0.5) is 4.79 Å². The number of nitrogens with zero attached hydrogens (tertiary/aromatic N) is 2. The van der Waals surface area contributed by atoms with Crippen LogP contribution in [0.5, 0.6) is 0 Å². The molecule has 2 N–H and O–H groups in total. The van der Waals surface area contributed by atoms with Crippen molar-refractivity contribution in [2.75, 3.05) is 13.6 Å². The van der Waals surface area contributed by atoms with Gasteiger partial charge in [0, 0.05) is 24.1 Å². The summed E-state index contributed by atoms with van der Waals surface area (Å²) in [5, 5.41) is 12.2. The van der Waals surface area contributed by atoms with Crippen LogP contribution in [0.1, 0.15) is 72.1 Å². The van der Waals surface area contributed by atoms with E-state index in [0.717, 1.165) is 38.9 Å². The van der Waals surface area contributed by atoms with Gasteiger partial charge in [-0.1, -0.05) is 140 Å². The Balaban J connectivity index is 1.06. The standard InChI is InChI=1S/C47H49N3O7/c1-31-42(28-49(3)32(2)35-14-8-5-9-15-35)56-46(57-44(31)37-20-18-33(29-51)19-21-37)38-24-22-36(23-25-38)40-17-11-10-16-39(40)27-50-43(52)26-41(45(50)53)48-47(54)55-30-34-12-6-4-7-13-34/h4-25,31-32,41-42,44,46,51H,26-30H2,1-3H3,(H,48,54)/t31-,32-,41?,42+,44+,46+/m0/s1. The highest BCUT2D eigenvalue weighted by molar-refractivity contribution is 6.06. The van der Waals surface area contributed by atoms with Gasteiger partial charge in [-0.2, -0.15) is 0 Å². The number of hydrogen-bond donors (Lipinski definition) is 2. The molecule has 10 heteroatoms. The minimum Gasteiger partial charge on any atom is -0.445 e. The number of carbonyl (C=O) groups is 3. The SMILES string of the molecule is C[C@H]1[C@@H](CN(C)[C@@H](C)c2ccccc2)O[C@@H](c2ccc(-c3ccccc3CN3C(=O)CC(NC(=O)OCc4ccccc4)C3=O)cc2)O[C@H]1c1ccc(CO)cc1. The summed E-state index contributed by atoms with van der Waals surface area (Å²) in [5.74, 6) is -0.802. The average Bonchev–Trinajstić information content (AvgIpc) is 3.51. The van der Waals surface area contributed by atoms with E-state index in [0.29, 0.717) is 6.54 Å². The highest BCUT2D eigenvalue weighted by Crippen LogP contribution is 2.42. The van der Waals surface area contributed by atoms with Crippen molar-refractivity contribution in [1.82, 2.24) is 15.1 Å². The Labute approximate surface area is 334 Å². The van der Waals surface area contributed by atoms with Crippen molar-refractivity contribution in [2.45, 2.75) is 70.6 Å². The Morgan fingerprint density at radius 2 is 1.49 bits per heavy atom. The predicted molar refractivity (Wildman–Crippen MR) is 216 cm³/mol. The second kappa shape index (κ2) is 18.1. The summed E-state index contributed by atoms with van der Waals surface area (Å²) >= 11 is 0. The van der Waals surface area contributed by atoms with E-state index in [1.165, 1.54) is 10.5 Å². The van der Waals surface area contributed by atoms with Gasteiger partial charge in [0.05, 0.1) is 31.8 Å². The van der Waals surface area contributed by atoms with E-state index in [9.17, 15) is 19.5 Å². The van der Waals surface area contributed by atoms with E-state index >= 15 is 0 Å². The molecule has 6 atom stereocenters. The second-order valence-electron chi connectivity index (χ2n) is 14.9. The van der Waals surface area contributed by atoms with Crippen molar-refractivity contribution in [2.24, 2.45) is 5.92 Å². The predicted octanol–water partition coefficient (Wildman–Crippen LogP) is 7.88. The normalized spacial score (nSPS) is 21.4. The average molecular weight is 768 g/mol. The van der Waals surface area contributed by atoms with Gasteiger partial charge < -0.3 is 24.6 Å². The zero-order chi connectivity index (χ0) is 39.9. The summed E-state index contributed by atoms with van der Waals surface area (Å²) in [6, 6.07) is 42.4. The van der Waals surface area contributed by atoms with Crippen LogP contribution in [-0.4, -0.2) is 58.6 Å². The highest BCUT2D eigenvalue weighted by atomic mass is 16.7. The number of hydrogen-bond acceptors (Lipinski definition) is 8. The van der Waals surface area contributed by atoms with Crippen LogP contribution in [0.15, 0.2) is 133 Å². The highest BCUT2D eigenvalue weighted by Gasteiger charge is 2.41. The number of carbonyl (C=O) groups excluding carboxylic acids is 3. The molecule has 2 saturated heterocycles. The van der Waals surface area contributed by atoms with Gasteiger partial charge >= 0.3 is 6.09 Å². The van der Waals surface area contributed by atoms with Crippen molar-refractivity contribution >= 4 is 17.9 Å². The van der Waals surface area contributed by atoms with Gasteiger partial charge in [-0.3, -0.25) is 19.4 Å². The first kappa shape index (κ1) is 39.6. The fourth-order valence-corrected chi connectivity index (χ4v) is 7.56. The van der Waals surface area contributed by atoms with Gasteiger partial charge in [0.1, 0.15) is 12.6 Å². The van der Waals surface area contributed by atoms with Crippen LogP contribution in [-0.2, 0) is 43.6 Å². The maximum absolute atomic E-state index is 13.4. The molecule has 2 aliphatic heterocycles. The molecule has 0 saturated carbocycles. The molecule has 2 aliphatic rings. The van der Waals surface area contributed by atoms with Gasteiger partial charge in [0.25, 0.3) is 5.91 Å². The van der Waals surface area contributed by atoms with E-state index in [2.05, 4.69) is 55.4 Å². The number of imide groups is 1. The van der Waals surface area contributed by atoms with Crippen LogP contribution < -0.4 is 5.32 Å². The van der Waals surface area contributed by atoms with Gasteiger partial charge in [0.15, 0.2) is 6.29 Å². The molecule has 0 aliphatic carbocycles. The van der Waals surface area contributed by atoms with E-state index in [1.54, 1.807) is 0 Å². The molecule has 0 spiro atoms. The maximum Gasteiger partial charge on any atom is 0.408 e. The lowest BCUT2D eigenvalue weighted by Gasteiger charge is -2.43. The van der Waals surface area contributed by atoms with Crippen LogP contribution in [0.2, 0.25) is 0 Å². The summed E-state index contributed by atoms with van der Waals surface area (Å²) in [6.45, 7) is 5.15. The molecule has 57 heavy (non-hydrogen) atoms. The van der Waals surface area contributed by atoms with E-state index in [-0.39, 0.29) is 56.3 Å². The second-order valence-corrected chi connectivity index (χ2v) is 14.9. The quantitative estimate of drug-likeness (QED) is 0.116. The molecule has 1 unspecified atom stereocenters. The summed E-state index contributed by atoms with van der Waals surface area (Å²) in [6.07, 6.45) is -1.92.